The summed E-state index contributed by atoms with van der Waals surface area (Å²) in [5, 5.41) is 3.07. The Morgan fingerprint density at radius 3 is 2.45 bits per heavy atom. The summed E-state index contributed by atoms with van der Waals surface area (Å²) in [4.78, 5) is 12.9. The van der Waals surface area contributed by atoms with Crippen LogP contribution < -0.4 is 19.1 Å². The van der Waals surface area contributed by atoms with Crippen LogP contribution in [0.15, 0.2) is 42.5 Å². The Bertz CT molecular complexity index is 1020. The fourth-order valence-corrected chi connectivity index (χ4v) is 3.85. The van der Waals surface area contributed by atoms with Gasteiger partial charge in [-0.25, -0.2) is 8.42 Å². The van der Waals surface area contributed by atoms with Crippen molar-refractivity contribution in [1.82, 2.24) is 5.32 Å². The number of hydrogen-bond donors (Lipinski definition) is 1. The quantitative estimate of drug-likeness (QED) is 0.806. The van der Waals surface area contributed by atoms with Crippen molar-refractivity contribution in [1.29, 1.82) is 0 Å². The highest BCUT2D eigenvalue weighted by Gasteiger charge is 2.35. The zero-order valence-corrected chi connectivity index (χ0v) is 18.0. The predicted octanol–water partition coefficient (Wildman–Crippen LogP) is 3.12. The summed E-state index contributed by atoms with van der Waals surface area (Å²) in [7, 11) is -0.291. The minimum Gasteiger partial charge on any atom is -0.497 e. The molecule has 0 bridgehead atoms. The average Bonchev–Trinajstić information content (AvgIpc) is 2.65. The van der Waals surface area contributed by atoms with E-state index in [4.69, 9.17) is 9.47 Å². The van der Waals surface area contributed by atoms with E-state index in [0.717, 1.165) is 21.9 Å². The molecule has 0 unspecified atom stereocenters. The van der Waals surface area contributed by atoms with Crippen molar-refractivity contribution in [2.24, 2.45) is 0 Å². The summed E-state index contributed by atoms with van der Waals surface area (Å²) in [5.41, 5.74) is 1.38. The van der Waals surface area contributed by atoms with E-state index in [0.29, 0.717) is 23.4 Å². The largest absolute Gasteiger partial charge is 0.497 e. The molecular weight excluding hydrogens is 392 g/mol. The van der Waals surface area contributed by atoms with Gasteiger partial charge in [-0.2, -0.15) is 0 Å². The van der Waals surface area contributed by atoms with Crippen molar-refractivity contribution in [3.8, 4) is 11.5 Å². The third-order valence-corrected chi connectivity index (χ3v) is 6.18. The van der Waals surface area contributed by atoms with Gasteiger partial charge in [-0.1, -0.05) is 0 Å². The van der Waals surface area contributed by atoms with Gasteiger partial charge in [-0.05, 0) is 56.3 Å². The average molecular weight is 419 g/mol. The molecule has 0 saturated heterocycles. The van der Waals surface area contributed by atoms with Crippen LogP contribution in [0.2, 0.25) is 0 Å². The van der Waals surface area contributed by atoms with Crippen LogP contribution in [0.25, 0.3) is 0 Å². The highest BCUT2D eigenvalue weighted by molar-refractivity contribution is 7.92. The molecular formula is C21H26N2O5S. The minimum atomic E-state index is -3.36. The van der Waals surface area contributed by atoms with Crippen molar-refractivity contribution in [2.45, 2.75) is 31.9 Å². The Balaban J connectivity index is 1.83. The fourth-order valence-electron chi connectivity index (χ4n) is 3.34. The number of carbonyl (C=O) groups excluding carboxylic acids is 1. The molecule has 1 N–H and O–H groups in total. The Morgan fingerprint density at radius 1 is 1.21 bits per heavy atom. The topological polar surface area (TPSA) is 84.9 Å². The molecule has 0 radical (unpaired) electrons. The zero-order valence-electron chi connectivity index (χ0n) is 17.2. The number of nitrogens with one attached hydrogen (secondary N) is 1. The molecule has 3 rings (SSSR count). The second-order valence-electron chi connectivity index (χ2n) is 7.77. The molecule has 0 fully saturated rings. The molecule has 1 amide bonds. The van der Waals surface area contributed by atoms with Gasteiger partial charge in [0.15, 0.2) is 0 Å². The fraction of sp³-hybridized carbons (Fsp3) is 0.381. The van der Waals surface area contributed by atoms with E-state index < -0.39 is 15.6 Å². The number of sulfonamides is 1. The van der Waals surface area contributed by atoms with Gasteiger partial charge < -0.3 is 14.8 Å². The maximum Gasteiger partial charge on any atom is 0.251 e. The van der Waals surface area contributed by atoms with Crippen molar-refractivity contribution in [3.63, 3.8) is 0 Å². The minimum absolute atomic E-state index is 0.241. The maximum atomic E-state index is 12.9. The molecule has 0 spiro atoms. The summed E-state index contributed by atoms with van der Waals surface area (Å²) < 4.78 is 35.9. The van der Waals surface area contributed by atoms with E-state index in [1.165, 1.54) is 7.05 Å². The number of ether oxygens (including phenoxy) is 2. The number of anilines is 1. The van der Waals surface area contributed by atoms with Crippen LogP contribution in [-0.4, -0.2) is 40.3 Å². The first-order valence-corrected chi connectivity index (χ1v) is 11.1. The molecule has 2 aromatic carbocycles. The molecule has 156 valence electrons. The van der Waals surface area contributed by atoms with Gasteiger partial charge in [0.25, 0.3) is 5.91 Å². The molecule has 2 aromatic rings. The van der Waals surface area contributed by atoms with Gasteiger partial charge in [0, 0.05) is 24.6 Å². The van der Waals surface area contributed by atoms with E-state index >= 15 is 0 Å². The number of amides is 1. The van der Waals surface area contributed by atoms with Gasteiger partial charge in [-0.3, -0.25) is 9.10 Å². The number of carbonyl (C=O) groups is 1. The number of methoxy groups -OCH3 is 1. The van der Waals surface area contributed by atoms with Crippen molar-refractivity contribution in [2.75, 3.05) is 24.7 Å². The van der Waals surface area contributed by atoms with Crippen molar-refractivity contribution < 1.29 is 22.7 Å². The number of benzene rings is 2. The molecule has 8 heteroatoms. The lowest BCUT2D eigenvalue weighted by atomic mass is 9.89. The summed E-state index contributed by atoms with van der Waals surface area (Å²) in [6.45, 7) is 3.96. The summed E-state index contributed by atoms with van der Waals surface area (Å²) in [6, 6.07) is 11.8. The lowest BCUT2D eigenvalue weighted by Crippen LogP contribution is -2.41. The van der Waals surface area contributed by atoms with E-state index in [1.54, 1.807) is 31.4 Å². The molecule has 1 atom stereocenters. The first-order valence-electron chi connectivity index (χ1n) is 9.22. The van der Waals surface area contributed by atoms with Crippen LogP contribution in [0, 0.1) is 0 Å². The molecule has 29 heavy (non-hydrogen) atoms. The second kappa shape index (κ2) is 7.59. The number of nitrogens with zero attached hydrogens (tertiary/aromatic N) is 1. The number of rotatable bonds is 5. The third kappa shape index (κ3) is 4.64. The SMILES string of the molecule is COc1ccc2c(c1)[C@H](NC(=O)c1ccc(N(C)S(C)(=O)=O)cc1)CC(C)(C)O2. The lowest BCUT2D eigenvalue weighted by molar-refractivity contribution is 0.0618. The number of fused-ring (bicyclic) bond motifs is 1. The summed E-state index contributed by atoms with van der Waals surface area (Å²) in [5.74, 6) is 1.17. The highest BCUT2D eigenvalue weighted by Crippen LogP contribution is 2.41. The van der Waals surface area contributed by atoms with E-state index in [1.807, 2.05) is 32.0 Å². The van der Waals surface area contributed by atoms with Crippen LogP contribution in [0.4, 0.5) is 5.69 Å². The second-order valence-corrected chi connectivity index (χ2v) is 9.79. The van der Waals surface area contributed by atoms with Crippen LogP contribution >= 0.6 is 0 Å². The molecule has 7 nitrogen and oxygen atoms in total. The van der Waals surface area contributed by atoms with E-state index in [-0.39, 0.29) is 11.9 Å². The number of hydrogen-bond acceptors (Lipinski definition) is 5. The van der Waals surface area contributed by atoms with Crippen LogP contribution in [-0.2, 0) is 10.0 Å². The maximum absolute atomic E-state index is 12.9. The normalized spacial score (nSPS) is 17.6. The molecule has 0 aliphatic carbocycles. The van der Waals surface area contributed by atoms with Gasteiger partial charge >= 0.3 is 0 Å². The Labute approximate surface area is 171 Å². The highest BCUT2D eigenvalue weighted by atomic mass is 32.2. The molecule has 0 saturated carbocycles. The lowest BCUT2D eigenvalue weighted by Gasteiger charge is -2.38. The standard InChI is InChI=1S/C21H26N2O5S/c1-21(2)13-18(17-12-16(27-4)10-11-19(17)28-21)22-20(24)14-6-8-15(9-7-14)23(3)29(5,25)26/h6-12,18H,13H2,1-5H3,(H,22,24)/t18-/m1/s1. The summed E-state index contributed by atoms with van der Waals surface area (Å²) in [6.07, 6.45) is 1.74. The van der Waals surface area contributed by atoms with Crippen LogP contribution in [0.1, 0.15) is 42.2 Å². The Morgan fingerprint density at radius 2 is 1.86 bits per heavy atom. The Kier molecular flexibility index (Phi) is 5.49. The van der Waals surface area contributed by atoms with Gasteiger partial charge in [0.1, 0.15) is 17.1 Å². The van der Waals surface area contributed by atoms with Gasteiger partial charge in [0.05, 0.1) is 25.1 Å². The monoisotopic (exact) mass is 418 g/mol. The molecule has 0 aromatic heterocycles. The first kappa shape index (κ1) is 21.0. The zero-order chi connectivity index (χ0) is 21.4. The van der Waals surface area contributed by atoms with Gasteiger partial charge in [-0.15, -0.1) is 0 Å². The van der Waals surface area contributed by atoms with E-state index in [2.05, 4.69) is 5.32 Å². The van der Waals surface area contributed by atoms with Crippen LogP contribution in [0.3, 0.4) is 0 Å². The molecule has 1 heterocycles. The molecule has 1 aliphatic heterocycles. The van der Waals surface area contributed by atoms with Gasteiger partial charge in [0.2, 0.25) is 10.0 Å². The first-order chi connectivity index (χ1) is 13.5. The third-order valence-electron chi connectivity index (χ3n) is 4.97. The Hall–Kier alpha value is -2.74. The summed E-state index contributed by atoms with van der Waals surface area (Å²) >= 11 is 0. The smallest absolute Gasteiger partial charge is 0.251 e. The molecule has 1 aliphatic rings. The predicted molar refractivity (Wildman–Crippen MR) is 112 cm³/mol. The van der Waals surface area contributed by atoms with Crippen molar-refractivity contribution >= 4 is 21.6 Å². The van der Waals surface area contributed by atoms with Crippen molar-refractivity contribution in [3.05, 3.63) is 53.6 Å². The van der Waals surface area contributed by atoms with Crippen LogP contribution in [0.5, 0.6) is 11.5 Å². The van der Waals surface area contributed by atoms with E-state index in [9.17, 15) is 13.2 Å².